The molecule has 2 rings (SSSR count). The molecule has 1 aromatic carbocycles. The number of alkyl halides is 2. The first-order valence-corrected chi connectivity index (χ1v) is 6.00. The molecule has 4 heteroatoms. The van der Waals surface area contributed by atoms with Gasteiger partial charge in [-0.1, -0.05) is 12.5 Å². The molecule has 2 nitrogen and oxygen atoms in total. The van der Waals surface area contributed by atoms with Crippen LogP contribution in [-0.4, -0.2) is 17.7 Å². The molecule has 0 aliphatic carbocycles. The summed E-state index contributed by atoms with van der Waals surface area (Å²) in [6, 6.07) is 4.87. The number of piperidine rings is 1. The second kappa shape index (κ2) is 5.45. The predicted molar refractivity (Wildman–Crippen MR) is 62.4 cm³/mol. The standard InChI is InChI=1S/C13H17F2NO/c14-13(15)11-8-9(4-5-12(11)17)7-10-3-1-2-6-16-10/h4-5,8,10,13,16-17H,1-3,6-7H2. The van der Waals surface area contributed by atoms with Crippen molar-refractivity contribution in [2.24, 2.45) is 0 Å². The van der Waals surface area contributed by atoms with Crippen LogP contribution < -0.4 is 5.32 Å². The molecule has 0 spiro atoms. The number of hydrogen-bond donors (Lipinski definition) is 2. The molecule has 0 radical (unpaired) electrons. The Balaban J connectivity index is 2.07. The molecule has 0 saturated carbocycles. The molecular weight excluding hydrogens is 224 g/mol. The predicted octanol–water partition coefficient (Wildman–Crippen LogP) is 3.01. The van der Waals surface area contributed by atoms with E-state index in [4.69, 9.17) is 0 Å². The summed E-state index contributed by atoms with van der Waals surface area (Å²) >= 11 is 0. The lowest BCUT2D eigenvalue weighted by molar-refractivity contribution is 0.147. The number of nitrogens with one attached hydrogen (secondary N) is 1. The summed E-state index contributed by atoms with van der Waals surface area (Å²) in [5.74, 6) is -0.319. The maximum absolute atomic E-state index is 12.6. The Morgan fingerprint density at radius 3 is 2.82 bits per heavy atom. The van der Waals surface area contributed by atoms with Gasteiger partial charge in [0.25, 0.3) is 6.43 Å². The number of hydrogen-bond acceptors (Lipinski definition) is 2. The fourth-order valence-electron chi connectivity index (χ4n) is 2.29. The molecule has 0 amide bonds. The van der Waals surface area contributed by atoms with Crippen LogP contribution >= 0.6 is 0 Å². The van der Waals surface area contributed by atoms with Crippen molar-refractivity contribution in [3.63, 3.8) is 0 Å². The second-order valence-corrected chi connectivity index (χ2v) is 4.54. The van der Waals surface area contributed by atoms with Gasteiger partial charge in [-0.25, -0.2) is 8.78 Å². The SMILES string of the molecule is Oc1ccc(CC2CCCCN2)cc1C(F)F. The third-order valence-electron chi connectivity index (χ3n) is 3.22. The number of rotatable bonds is 3. The van der Waals surface area contributed by atoms with Gasteiger partial charge in [-0.2, -0.15) is 0 Å². The Morgan fingerprint density at radius 1 is 1.35 bits per heavy atom. The summed E-state index contributed by atoms with van der Waals surface area (Å²) in [7, 11) is 0. The summed E-state index contributed by atoms with van der Waals surface area (Å²) in [6.45, 7) is 1.00. The highest BCUT2D eigenvalue weighted by Gasteiger charge is 2.16. The van der Waals surface area contributed by atoms with Gasteiger partial charge >= 0.3 is 0 Å². The highest BCUT2D eigenvalue weighted by molar-refractivity contribution is 5.37. The van der Waals surface area contributed by atoms with E-state index in [0.717, 1.165) is 24.9 Å². The molecule has 1 saturated heterocycles. The van der Waals surface area contributed by atoms with E-state index in [1.54, 1.807) is 6.07 Å². The minimum absolute atomic E-state index is 0.265. The zero-order valence-corrected chi connectivity index (χ0v) is 9.63. The van der Waals surface area contributed by atoms with Crippen LogP contribution in [0.5, 0.6) is 5.75 Å². The molecular formula is C13H17F2NO. The average Bonchev–Trinajstić information content (AvgIpc) is 2.32. The quantitative estimate of drug-likeness (QED) is 0.852. The number of phenols is 1. The van der Waals surface area contributed by atoms with E-state index < -0.39 is 6.43 Å². The minimum Gasteiger partial charge on any atom is -0.507 e. The fraction of sp³-hybridized carbons (Fsp3) is 0.538. The molecule has 1 unspecified atom stereocenters. The Kier molecular flexibility index (Phi) is 3.94. The van der Waals surface area contributed by atoms with Gasteiger partial charge in [0.2, 0.25) is 0 Å². The topological polar surface area (TPSA) is 32.3 Å². The van der Waals surface area contributed by atoms with Crippen molar-refractivity contribution in [1.82, 2.24) is 5.32 Å². The van der Waals surface area contributed by atoms with E-state index >= 15 is 0 Å². The fourth-order valence-corrected chi connectivity index (χ4v) is 2.29. The summed E-state index contributed by atoms with van der Waals surface area (Å²) in [4.78, 5) is 0. The van der Waals surface area contributed by atoms with Gasteiger partial charge in [-0.3, -0.25) is 0 Å². The van der Waals surface area contributed by atoms with Gasteiger partial charge in [-0.05, 0) is 43.5 Å². The van der Waals surface area contributed by atoms with Gasteiger partial charge in [0, 0.05) is 6.04 Å². The third-order valence-corrected chi connectivity index (χ3v) is 3.22. The highest BCUT2D eigenvalue weighted by Crippen LogP contribution is 2.29. The first-order valence-electron chi connectivity index (χ1n) is 6.00. The van der Waals surface area contributed by atoms with E-state index in [1.807, 2.05) is 0 Å². The van der Waals surface area contributed by atoms with Crippen LogP contribution in [0.3, 0.4) is 0 Å². The first kappa shape index (κ1) is 12.3. The second-order valence-electron chi connectivity index (χ2n) is 4.54. The molecule has 0 bridgehead atoms. The lowest BCUT2D eigenvalue weighted by Crippen LogP contribution is -2.35. The maximum atomic E-state index is 12.6. The molecule has 0 aromatic heterocycles. The summed E-state index contributed by atoms with van der Waals surface area (Å²) in [6.07, 6.45) is 1.60. The van der Waals surface area contributed by atoms with Crippen molar-refractivity contribution in [3.8, 4) is 5.75 Å². The van der Waals surface area contributed by atoms with Crippen molar-refractivity contribution in [1.29, 1.82) is 0 Å². The van der Waals surface area contributed by atoms with Gasteiger partial charge < -0.3 is 10.4 Å². The average molecular weight is 241 g/mol. The lowest BCUT2D eigenvalue weighted by atomic mass is 9.96. The number of aromatic hydroxyl groups is 1. The molecule has 1 aromatic rings. The zero-order chi connectivity index (χ0) is 12.3. The minimum atomic E-state index is -2.62. The van der Waals surface area contributed by atoms with Gasteiger partial charge in [0.05, 0.1) is 5.56 Å². The van der Waals surface area contributed by atoms with Crippen LogP contribution in [0.4, 0.5) is 8.78 Å². The molecule has 1 atom stereocenters. The van der Waals surface area contributed by atoms with E-state index in [-0.39, 0.29) is 11.3 Å². The van der Waals surface area contributed by atoms with E-state index in [0.29, 0.717) is 6.04 Å². The van der Waals surface area contributed by atoms with Gasteiger partial charge in [0.1, 0.15) is 5.75 Å². The molecule has 94 valence electrons. The lowest BCUT2D eigenvalue weighted by Gasteiger charge is -2.23. The molecule has 1 heterocycles. The third kappa shape index (κ3) is 3.16. The normalized spacial score (nSPS) is 20.8. The van der Waals surface area contributed by atoms with Crippen molar-refractivity contribution >= 4 is 0 Å². The van der Waals surface area contributed by atoms with Crippen LogP contribution in [-0.2, 0) is 6.42 Å². The largest absolute Gasteiger partial charge is 0.507 e. The van der Waals surface area contributed by atoms with Crippen LogP contribution in [0.1, 0.15) is 36.8 Å². The van der Waals surface area contributed by atoms with Crippen LogP contribution in [0.25, 0.3) is 0 Å². The van der Waals surface area contributed by atoms with Gasteiger partial charge in [-0.15, -0.1) is 0 Å². The van der Waals surface area contributed by atoms with Crippen molar-refractivity contribution < 1.29 is 13.9 Å². The monoisotopic (exact) mass is 241 g/mol. The smallest absolute Gasteiger partial charge is 0.267 e. The van der Waals surface area contributed by atoms with Crippen LogP contribution in [0.2, 0.25) is 0 Å². The Morgan fingerprint density at radius 2 is 2.18 bits per heavy atom. The first-order chi connectivity index (χ1) is 8.16. The highest BCUT2D eigenvalue weighted by atomic mass is 19.3. The summed E-state index contributed by atoms with van der Waals surface area (Å²) in [5, 5.41) is 12.7. The Bertz CT molecular complexity index is 376. The Labute approximate surface area is 99.7 Å². The van der Waals surface area contributed by atoms with E-state index in [1.165, 1.54) is 25.0 Å². The Hall–Kier alpha value is -1.16. The van der Waals surface area contributed by atoms with E-state index in [9.17, 15) is 13.9 Å². The zero-order valence-electron chi connectivity index (χ0n) is 9.63. The molecule has 17 heavy (non-hydrogen) atoms. The molecule has 1 fully saturated rings. The van der Waals surface area contributed by atoms with Crippen molar-refractivity contribution in [2.45, 2.75) is 38.2 Å². The number of halogens is 2. The molecule has 1 aliphatic rings. The molecule has 1 aliphatic heterocycles. The van der Waals surface area contributed by atoms with Crippen LogP contribution in [0, 0.1) is 0 Å². The van der Waals surface area contributed by atoms with Gasteiger partial charge in [0.15, 0.2) is 0 Å². The van der Waals surface area contributed by atoms with Crippen LogP contribution in [0.15, 0.2) is 18.2 Å². The summed E-state index contributed by atoms with van der Waals surface area (Å²) in [5.41, 5.74) is 0.593. The maximum Gasteiger partial charge on any atom is 0.267 e. The number of benzene rings is 1. The number of phenolic OH excluding ortho intramolecular Hbond substituents is 1. The van der Waals surface area contributed by atoms with Crippen molar-refractivity contribution in [3.05, 3.63) is 29.3 Å². The summed E-state index contributed by atoms with van der Waals surface area (Å²) < 4.78 is 25.2. The van der Waals surface area contributed by atoms with E-state index in [2.05, 4.69) is 5.32 Å². The van der Waals surface area contributed by atoms with Crippen molar-refractivity contribution in [2.75, 3.05) is 6.54 Å². The molecule has 2 N–H and O–H groups in total.